The summed E-state index contributed by atoms with van der Waals surface area (Å²) in [5, 5.41) is 0.967. The average molecular weight is 402 g/mol. The van der Waals surface area contributed by atoms with Gasteiger partial charge in [0.15, 0.2) is 0 Å². The van der Waals surface area contributed by atoms with Crippen molar-refractivity contribution in [2.75, 3.05) is 7.05 Å². The molecule has 0 aliphatic carbocycles. The van der Waals surface area contributed by atoms with Crippen LogP contribution < -0.4 is 4.72 Å². The van der Waals surface area contributed by atoms with Crippen LogP contribution in [0, 0.1) is 6.92 Å². The Bertz CT molecular complexity index is 1130. The van der Waals surface area contributed by atoms with Gasteiger partial charge in [0.05, 0.1) is 11.1 Å². The van der Waals surface area contributed by atoms with E-state index in [0.29, 0.717) is 5.69 Å². The van der Waals surface area contributed by atoms with Crippen molar-refractivity contribution in [3.05, 3.63) is 72.1 Å². The Balaban J connectivity index is 1.89. The van der Waals surface area contributed by atoms with E-state index in [4.69, 9.17) is 4.42 Å². The molecule has 0 amide bonds. The van der Waals surface area contributed by atoms with Crippen molar-refractivity contribution in [2.24, 2.45) is 0 Å². The molecule has 2 heterocycles. The van der Waals surface area contributed by atoms with Crippen LogP contribution >= 0.6 is 11.9 Å². The van der Waals surface area contributed by atoms with E-state index in [1.807, 2.05) is 55.1 Å². The molecule has 0 aliphatic heterocycles. The third-order valence-electron chi connectivity index (χ3n) is 4.47. The fourth-order valence-corrected chi connectivity index (χ4v) is 3.74. The normalized spacial score (nSPS) is 12.0. The predicted molar refractivity (Wildman–Crippen MR) is 106 cm³/mol. The molecule has 144 valence electrons. The molecule has 0 fully saturated rings. The van der Waals surface area contributed by atoms with E-state index in [0.717, 1.165) is 45.0 Å². The summed E-state index contributed by atoms with van der Waals surface area (Å²) in [5.74, 6) is 1.52. The summed E-state index contributed by atoms with van der Waals surface area (Å²) in [6.07, 6.45) is -2.45. The molecule has 0 spiro atoms. The summed E-state index contributed by atoms with van der Waals surface area (Å²) < 4.78 is 49.4. The monoisotopic (exact) mass is 402 g/mol. The molecule has 0 saturated carbocycles. The number of rotatable bonds is 4. The molecule has 0 saturated heterocycles. The van der Waals surface area contributed by atoms with Crippen LogP contribution in [-0.4, -0.2) is 11.6 Å². The first-order valence-electron chi connectivity index (χ1n) is 8.60. The minimum absolute atomic E-state index is 0.654. The smallest absolute Gasteiger partial charge is 0.416 e. The van der Waals surface area contributed by atoms with E-state index >= 15 is 0 Å². The minimum atomic E-state index is -4.35. The molecule has 4 aromatic rings. The predicted octanol–water partition coefficient (Wildman–Crippen LogP) is 6.44. The topological polar surface area (TPSA) is 30.1 Å². The molecular weight excluding hydrogens is 385 g/mol. The molecule has 0 radical (unpaired) electrons. The highest BCUT2D eigenvalue weighted by Gasteiger charge is 2.30. The molecule has 0 aliphatic rings. The number of nitrogens with zero attached hydrogens (tertiary/aromatic N) is 1. The van der Waals surface area contributed by atoms with Crippen molar-refractivity contribution in [1.82, 2.24) is 9.29 Å². The first kappa shape index (κ1) is 18.7. The first-order valence-corrected chi connectivity index (χ1v) is 9.41. The second-order valence-corrected chi connectivity index (χ2v) is 7.44. The van der Waals surface area contributed by atoms with Gasteiger partial charge in [0.2, 0.25) is 0 Å². The van der Waals surface area contributed by atoms with Crippen molar-refractivity contribution in [3.63, 3.8) is 0 Å². The van der Waals surface area contributed by atoms with Crippen molar-refractivity contribution >= 4 is 22.9 Å². The molecule has 3 nitrogen and oxygen atoms in total. The Kier molecular flexibility index (Phi) is 4.72. The number of alkyl halides is 3. The Morgan fingerprint density at radius 3 is 2.36 bits per heavy atom. The fourth-order valence-electron chi connectivity index (χ4n) is 3.19. The Morgan fingerprint density at radius 2 is 1.75 bits per heavy atom. The second-order valence-electron chi connectivity index (χ2n) is 6.35. The molecule has 0 bridgehead atoms. The number of fused-ring (bicyclic) bond motifs is 1. The number of benzene rings is 2. The van der Waals surface area contributed by atoms with Crippen molar-refractivity contribution < 1.29 is 17.6 Å². The lowest BCUT2D eigenvalue weighted by atomic mass is 10.1. The van der Waals surface area contributed by atoms with E-state index in [1.165, 1.54) is 24.1 Å². The van der Waals surface area contributed by atoms with E-state index in [9.17, 15) is 13.2 Å². The average Bonchev–Trinajstić information content (AvgIpc) is 3.25. The van der Waals surface area contributed by atoms with E-state index < -0.39 is 11.7 Å². The van der Waals surface area contributed by atoms with Crippen LogP contribution in [-0.2, 0) is 6.18 Å². The van der Waals surface area contributed by atoms with Gasteiger partial charge in [-0.15, -0.1) is 0 Å². The van der Waals surface area contributed by atoms with Gasteiger partial charge in [0.25, 0.3) is 0 Å². The number of hydrogen-bond acceptors (Lipinski definition) is 3. The Morgan fingerprint density at radius 1 is 1.00 bits per heavy atom. The summed E-state index contributed by atoms with van der Waals surface area (Å²) >= 11 is 1.49. The number of aromatic nitrogens is 1. The molecule has 0 unspecified atom stereocenters. The minimum Gasteiger partial charge on any atom is -0.461 e. The highest BCUT2D eigenvalue weighted by molar-refractivity contribution is 7.97. The van der Waals surface area contributed by atoms with E-state index in [1.54, 1.807) is 0 Å². The molecule has 28 heavy (non-hydrogen) atoms. The zero-order valence-corrected chi connectivity index (χ0v) is 16.0. The molecular formula is C21H17F3N2OS. The number of halogens is 3. The van der Waals surface area contributed by atoms with Crippen LogP contribution in [0.5, 0.6) is 0 Å². The molecule has 1 N–H and O–H groups in total. The third kappa shape index (κ3) is 3.43. The van der Waals surface area contributed by atoms with Gasteiger partial charge < -0.3 is 8.98 Å². The van der Waals surface area contributed by atoms with Gasteiger partial charge in [-0.25, -0.2) is 0 Å². The summed E-state index contributed by atoms with van der Waals surface area (Å²) in [6.45, 7) is 1.88. The first-order chi connectivity index (χ1) is 13.4. The summed E-state index contributed by atoms with van der Waals surface area (Å²) in [4.78, 5) is 1.03. The summed E-state index contributed by atoms with van der Waals surface area (Å²) in [6, 6.07) is 14.9. The van der Waals surface area contributed by atoms with Gasteiger partial charge >= 0.3 is 6.18 Å². The summed E-state index contributed by atoms with van der Waals surface area (Å²) in [7, 11) is 1.85. The number of aryl methyl sites for hydroxylation is 1. The van der Waals surface area contributed by atoms with Gasteiger partial charge in [-0.2, -0.15) is 13.2 Å². The van der Waals surface area contributed by atoms with Crippen LogP contribution in [0.4, 0.5) is 13.2 Å². The lowest BCUT2D eigenvalue weighted by molar-refractivity contribution is -0.137. The van der Waals surface area contributed by atoms with Crippen LogP contribution in [0.3, 0.4) is 0 Å². The largest absolute Gasteiger partial charge is 0.461 e. The zero-order valence-electron chi connectivity index (χ0n) is 15.2. The van der Waals surface area contributed by atoms with E-state index in [2.05, 4.69) is 4.72 Å². The lowest BCUT2D eigenvalue weighted by Gasteiger charge is -2.09. The second kappa shape index (κ2) is 7.07. The third-order valence-corrected chi connectivity index (χ3v) is 5.17. The van der Waals surface area contributed by atoms with Crippen LogP contribution in [0.25, 0.3) is 27.9 Å². The Hall–Kier alpha value is -2.64. The SMILES string of the molecule is CNSc1ccc2c(c1)c(-c1ccc(C)o1)cn2-c1ccc(C(F)(F)F)cc1. The maximum absolute atomic E-state index is 12.9. The molecule has 2 aromatic heterocycles. The van der Waals surface area contributed by atoms with Crippen molar-refractivity contribution in [3.8, 4) is 17.0 Å². The maximum Gasteiger partial charge on any atom is 0.416 e. The van der Waals surface area contributed by atoms with Crippen molar-refractivity contribution in [2.45, 2.75) is 18.0 Å². The van der Waals surface area contributed by atoms with Crippen molar-refractivity contribution in [1.29, 1.82) is 0 Å². The zero-order chi connectivity index (χ0) is 19.9. The number of hydrogen-bond donors (Lipinski definition) is 1. The van der Waals surface area contributed by atoms with Gasteiger partial charge in [-0.3, -0.25) is 4.72 Å². The highest BCUT2D eigenvalue weighted by atomic mass is 32.2. The molecule has 2 aromatic carbocycles. The van der Waals surface area contributed by atoms with Gasteiger partial charge in [0.1, 0.15) is 11.5 Å². The molecule has 0 atom stereocenters. The van der Waals surface area contributed by atoms with Crippen LogP contribution in [0.1, 0.15) is 11.3 Å². The maximum atomic E-state index is 12.9. The standard InChI is InChI=1S/C21H17F3N2OS/c1-13-3-10-20(27-13)18-12-26(15-6-4-14(5-7-15)21(22,23)24)19-9-8-16(28-25-2)11-17(18)19/h3-12,25H,1-2H3. The fraction of sp³-hybridized carbons (Fsp3) is 0.143. The number of furan rings is 1. The molecule has 7 heteroatoms. The van der Waals surface area contributed by atoms with Gasteiger partial charge in [-0.05, 0) is 80.5 Å². The molecule has 4 rings (SSSR count). The Labute approximate surface area is 164 Å². The lowest BCUT2D eigenvalue weighted by Crippen LogP contribution is -2.04. The quantitative estimate of drug-likeness (QED) is 0.398. The van der Waals surface area contributed by atoms with Crippen LogP contribution in [0.2, 0.25) is 0 Å². The highest BCUT2D eigenvalue weighted by Crippen LogP contribution is 2.36. The summed E-state index contributed by atoms with van der Waals surface area (Å²) in [5.41, 5.74) is 1.77. The van der Waals surface area contributed by atoms with Crippen LogP contribution in [0.15, 0.2) is 70.1 Å². The van der Waals surface area contributed by atoms with E-state index in [-0.39, 0.29) is 0 Å². The number of nitrogens with one attached hydrogen (secondary N) is 1. The van der Waals surface area contributed by atoms with Gasteiger partial charge in [0, 0.05) is 27.7 Å². The van der Waals surface area contributed by atoms with Gasteiger partial charge in [-0.1, -0.05) is 0 Å².